The number of imidazole rings is 1. The van der Waals surface area contributed by atoms with Gasteiger partial charge in [-0.2, -0.15) is 0 Å². The molecule has 1 N–H and O–H groups in total. The van der Waals surface area contributed by atoms with E-state index in [1.807, 2.05) is 18.2 Å². The Morgan fingerprint density at radius 1 is 1.05 bits per heavy atom. The molecule has 1 atom stereocenters. The fraction of sp³-hybridized carbons (Fsp3) is 0.233. The SMILES string of the molecule is COc1ccc(-n2c(C(=O)NC3CCc4ccccc43)c3n(c2=O)CCN(C(=O)c2ccc(Br)c(Cl)c2)C3)cc1. The van der Waals surface area contributed by atoms with Crippen LogP contribution in [-0.4, -0.2) is 39.5 Å². The van der Waals surface area contributed by atoms with Crippen LogP contribution < -0.4 is 15.7 Å². The molecule has 0 saturated heterocycles. The summed E-state index contributed by atoms with van der Waals surface area (Å²) in [4.78, 5) is 42.8. The third-order valence-corrected chi connectivity index (χ3v) is 8.85. The topological polar surface area (TPSA) is 85.6 Å². The second-order valence-electron chi connectivity index (χ2n) is 9.88. The van der Waals surface area contributed by atoms with E-state index in [0.717, 1.165) is 18.4 Å². The number of nitrogens with zero attached hydrogens (tertiary/aromatic N) is 3. The molecule has 4 aromatic rings. The second kappa shape index (κ2) is 10.6. The Kier molecular flexibility index (Phi) is 7.02. The van der Waals surface area contributed by atoms with Gasteiger partial charge in [0.15, 0.2) is 0 Å². The van der Waals surface area contributed by atoms with Crippen LogP contribution in [0.1, 0.15) is 50.1 Å². The van der Waals surface area contributed by atoms with E-state index in [-0.39, 0.29) is 42.3 Å². The molecule has 0 fully saturated rings. The first-order chi connectivity index (χ1) is 19.4. The minimum atomic E-state index is -0.357. The Bertz CT molecular complexity index is 1700. The Labute approximate surface area is 244 Å². The lowest BCUT2D eigenvalue weighted by molar-refractivity contribution is 0.0706. The summed E-state index contributed by atoms with van der Waals surface area (Å²) in [6.45, 7) is 0.692. The molecule has 2 heterocycles. The van der Waals surface area contributed by atoms with Crippen LogP contribution in [0.3, 0.4) is 0 Å². The van der Waals surface area contributed by atoms with Gasteiger partial charge in [0.05, 0.1) is 36.1 Å². The van der Waals surface area contributed by atoms with E-state index in [4.69, 9.17) is 16.3 Å². The highest BCUT2D eigenvalue weighted by molar-refractivity contribution is 9.10. The van der Waals surface area contributed by atoms with E-state index >= 15 is 0 Å². The van der Waals surface area contributed by atoms with Crippen molar-refractivity contribution < 1.29 is 14.3 Å². The number of methoxy groups -OCH3 is 1. The summed E-state index contributed by atoms with van der Waals surface area (Å²) < 4.78 is 9.02. The van der Waals surface area contributed by atoms with Crippen molar-refractivity contribution in [2.45, 2.75) is 32.0 Å². The lowest BCUT2D eigenvalue weighted by Crippen LogP contribution is -2.41. The fourth-order valence-corrected chi connectivity index (χ4v) is 6.01. The van der Waals surface area contributed by atoms with E-state index in [1.165, 1.54) is 10.1 Å². The van der Waals surface area contributed by atoms with Crippen molar-refractivity contribution in [3.8, 4) is 11.4 Å². The Morgan fingerprint density at radius 3 is 2.58 bits per heavy atom. The van der Waals surface area contributed by atoms with E-state index in [1.54, 1.807) is 59.0 Å². The highest BCUT2D eigenvalue weighted by Crippen LogP contribution is 2.32. The lowest BCUT2D eigenvalue weighted by atomic mass is 10.1. The van der Waals surface area contributed by atoms with Gasteiger partial charge in [0.2, 0.25) is 0 Å². The number of amides is 2. The highest BCUT2D eigenvalue weighted by atomic mass is 79.9. The third-order valence-electron chi connectivity index (χ3n) is 7.62. The molecule has 1 aliphatic carbocycles. The molecule has 6 rings (SSSR count). The predicted molar refractivity (Wildman–Crippen MR) is 155 cm³/mol. The van der Waals surface area contributed by atoms with Crippen molar-refractivity contribution in [3.63, 3.8) is 0 Å². The average molecular weight is 622 g/mol. The van der Waals surface area contributed by atoms with Crippen molar-refractivity contribution in [1.82, 2.24) is 19.4 Å². The molecule has 0 bridgehead atoms. The van der Waals surface area contributed by atoms with Crippen molar-refractivity contribution in [2.24, 2.45) is 0 Å². The zero-order valence-electron chi connectivity index (χ0n) is 21.7. The van der Waals surface area contributed by atoms with Gasteiger partial charge < -0.3 is 15.0 Å². The molecule has 8 nitrogen and oxygen atoms in total. The number of aryl methyl sites for hydroxylation is 1. The minimum absolute atomic E-state index is 0.106. The number of carbonyl (C=O) groups excluding carboxylic acids is 2. The molecule has 0 radical (unpaired) electrons. The predicted octanol–water partition coefficient (Wildman–Crippen LogP) is 5.14. The van der Waals surface area contributed by atoms with E-state index in [2.05, 4.69) is 27.3 Å². The van der Waals surface area contributed by atoms with Crippen LogP contribution in [0.4, 0.5) is 0 Å². The Hall–Kier alpha value is -3.82. The monoisotopic (exact) mass is 620 g/mol. The Morgan fingerprint density at radius 2 is 1.82 bits per heavy atom. The molecule has 2 aliphatic rings. The first-order valence-corrected chi connectivity index (χ1v) is 14.1. The molecule has 204 valence electrons. The van der Waals surface area contributed by atoms with Gasteiger partial charge in [-0.05, 0) is 82.4 Å². The van der Waals surface area contributed by atoms with Gasteiger partial charge in [-0.3, -0.25) is 18.7 Å². The van der Waals surface area contributed by atoms with Crippen LogP contribution in [0.15, 0.2) is 76.0 Å². The van der Waals surface area contributed by atoms with E-state index in [9.17, 15) is 14.4 Å². The summed E-state index contributed by atoms with van der Waals surface area (Å²) in [7, 11) is 1.57. The number of nitrogens with one attached hydrogen (secondary N) is 1. The van der Waals surface area contributed by atoms with Gasteiger partial charge >= 0.3 is 5.69 Å². The molecule has 1 aromatic heterocycles. The third kappa shape index (κ3) is 4.63. The smallest absolute Gasteiger partial charge is 0.333 e. The number of halogens is 2. The zero-order valence-corrected chi connectivity index (χ0v) is 24.0. The van der Waals surface area contributed by atoms with Gasteiger partial charge in [0, 0.05) is 23.1 Å². The summed E-state index contributed by atoms with van der Waals surface area (Å²) in [5, 5.41) is 3.61. The number of hydrogen-bond acceptors (Lipinski definition) is 4. The summed E-state index contributed by atoms with van der Waals surface area (Å²) in [6.07, 6.45) is 1.65. The van der Waals surface area contributed by atoms with Crippen LogP contribution in [0.25, 0.3) is 5.69 Å². The number of benzene rings is 3. The van der Waals surface area contributed by atoms with E-state index in [0.29, 0.717) is 38.7 Å². The fourth-order valence-electron chi connectivity index (χ4n) is 5.58. The molecule has 1 aliphatic heterocycles. The molecule has 40 heavy (non-hydrogen) atoms. The van der Waals surface area contributed by atoms with Crippen LogP contribution in [0.5, 0.6) is 5.75 Å². The molecule has 10 heteroatoms. The summed E-state index contributed by atoms with van der Waals surface area (Å²) in [5.74, 6) is 0.0602. The normalized spacial score (nSPS) is 15.9. The Balaban J connectivity index is 1.40. The lowest BCUT2D eigenvalue weighted by Gasteiger charge is -2.28. The van der Waals surface area contributed by atoms with Crippen molar-refractivity contribution in [3.05, 3.63) is 115 Å². The molecule has 0 saturated carbocycles. The molecule has 3 aromatic carbocycles. The van der Waals surface area contributed by atoms with Crippen molar-refractivity contribution in [2.75, 3.05) is 13.7 Å². The number of aromatic nitrogens is 2. The van der Waals surface area contributed by atoms with Gasteiger partial charge in [0.25, 0.3) is 11.8 Å². The van der Waals surface area contributed by atoms with Crippen LogP contribution in [0, 0.1) is 0 Å². The minimum Gasteiger partial charge on any atom is -0.497 e. The summed E-state index contributed by atoms with van der Waals surface area (Å²) in [6, 6.07) is 20.0. The standard InChI is InChI=1S/C30H26BrClN4O4/c1-40-21-10-8-20(9-11-21)36-27(28(37)33-25-13-7-18-4-2-3-5-22(18)25)26-17-34(14-15-35(26)30(36)39)29(38)19-6-12-23(31)24(32)16-19/h2-6,8-12,16,25H,7,13-15,17H2,1H3,(H,33,37). The number of hydrogen-bond donors (Lipinski definition) is 1. The van der Waals surface area contributed by atoms with Gasteiger partial charge in [-0.15, -0.1) is 0 Å². The summed E-state index contributed by atoms with van der Waals surface area (Å²) >= 11 is 9.61. The highest BCUT2D eigenvalue weighted by Gasteiger charge is 2.34. The maximum Gasteiger partial charge on any atom is 0.333 e. The van der Waals surface area contributed by atoms with Crippen LogP contribution in [-0.2, 0) is 19.5 Å². The molecular weight excluding hydrogens is 596 g/mol. The first-order valence-electron chi connectivity index (χ1n) is 13.0. The maximum atomic E-state index is 14.0. The molecule has 0 spiro atoms. The molecule has 1 unspecified atom stereocenters. The average Bonchev–Trinajstić information content (AvgIpc) is 3.52. The van der Waals surface area contributed by atoms with Gasteiger partial charge in [-0.1, -0.05) is 35.9 Å². The number of rotatable bonds is 5. The van der Waals surface area contributed by atoms with Crippen molar-refractivity contribution >= 4 is 39.3 Å². The summed E-state index contributed by atoms with van der Waals surface area (Å²) in [5.41, 5.74) is 3.68. The largest absolute Gasteiger partial charge is 0.497 e. The van der Waals surface area contributed by atoms with Crippen LogP contribution >= 0.6 is 27.5 Å². The number of carbonyl (C=O) groups is 2. The quantitative estimate of drug-likeness (QED) is 0.335. The van der Waals surface area contributed by atoms with Gasteiger partial charge in [0.1, 0.15) is 11.4 Å². The first kappa shape index (κ1) is 26.4. The van der Waals surface area contributed by atoms with E-state index < -0.39 is 0 Å². The van der Waals surface area contributed by atoms with Gasteiger partial charge in [-0.25, -0.2) is 4.79 Å². The number of ether oxygens (including phenoxy) is 1. The van der Waals surface area contributed by atoms with Crippen molar-refractivity contribution in [1.29, 1.82) is 0 Å². The molecule has 2 amide bonds. The zero-order chi connectivity index (χ0) is 28.0. The maximum absolute atomic E-state index is 14.0. The molecular formula is C30H26BrClN4O4. The van der Waals surface area contributed by atoms with Crippen LogP contribution in [0.2, 0.25) is 5.02 Å². The second-order valence-corrected chi connectivity index (χ2v) is 11.1. The number of fused-ring (bicyclic) bond motifs is 2.